The lowest BCUT2D eigenvalue weighted by atomic mass is 10.1. The Bertz CT molecular complexity index is 863. The van der Waals surface area contributed by atoms with Crippen LogP contribution in [0.4, 0.5) is 5.69 Å². The number of aryl methyl sites for hydroxylation is 2. The summed E-state index contributed by atoms with van der Waals surface area (Å²) in [4.78, 5) is 12.1. The van der Waals surface area contributed by atoms with E-state index in [4.69, 9.17) is 4.74 Å². The molecule has 7 heteroatoms. The lowest BCUT2D eigenvalue weighted by molar-refractivity contribution is -0.116. The Hall–Kier alpha value is -2.38. The number of benzene rings is 2. The van der Waals surface area contributed by atoms with E-state index < -0.39 is 10.0 Å². The molecular formula is C18H22N2O4S. The molecule has 0 bridgehead atoms. The standard InChI is InChI=1S/C18H22N2O4S/c1-13-7-8-17(11-14(13)2)25(22,23)19-10-9-18(21)20-15-5-4-6-16(12-15)24-3/h4-8,11-12,19H,9-10H2,1-3H3,(H,20,21). The van der Waals surface area contributed by atoms with Crippen molar-refractivity contribution in [2.24, 2.45) is 0 Å². The molecule has 2 rings (SSSR count). The molecule has 0 aliphatic heterocycles. The van der Waals surface area contributed by atoms with Crippen LogP contribution in [-0.4, -0.2) is 28.0 Å². The molecule has 2 aromatic carbocycles. The van der Waals surface area contributed by atoms with Crippen molar-refractivity contribution in [3.8, 4) is 5.75 Å². The number of methoxy groups -OCH3 is 1. The summed E-state index contributed by atoms with van der Waals surface area (Å²) in [6.45, 7) is 3.79. The first-order valence-corrected chi connectivity index (χ1v) is 9.31. The molecule has 0 radical (unpaired) electrons. The maximum Gasteiger partial charge on any atom is 0.240 e. The second-order valence-corrected chi connectivity index (χ2v) is 7.44. The second-order valence-electron chi connectivity index (χ2n) is 5.67. The Morgan fingerprint density at radius 3 is 2.52 bits per heavy atom. The molecule has 0 saturated carbocycles. The predicted octanol–water partition coefficient (Wildman–Crippen LogP) is 2.62. The van der Waals surface area contributed by atoms with Crippen LogP contribution in [0.1, 0.15) is 17.5 Å². The Labute approximate surface area is 148 Å². The quantitative estimate of drug-likeness (QED) is 0.793. The molecule has 25 heavy (non-hydrogen) atoms. The largest absolute Gasteiger partial charge is 0.497 e. The van der Waals surface area contributed by atoms with Gasteiger partial charge < -0.3 is 10.1 Å². The number of anilines is 1. The highest BCUT2D eigenvalue weighted by Gasteiger charge is 2.15. The van der Waals surface area contributed by atoms with Gasteiger partial charge in [-0.2, -0.15) is 0 Å². The van der Waals surface area contributed by atoms with Gasteiger partial charge in [-0.05, 0) is 49.2 Å². The van der Waals surface area contributed by atoms with Crippen LogP contribution >= 0.6 is 0 Å². The number of carbonyl (C=O) groups excluding carboxylic acids is 1. The smallest absolute Gasteiger partial charge is 0.240 e. The lowest BCUT2D eigenvalue weighted by Crippen LogP contribution is -2.28. The predicted molar refractivity (Wildman–Crippen MR) is 97.3 cm³/mol. The van der Waals surface area contributed by atoms with Crippen LogP contribution in [0.5, 0.6) is 5.75 Å². The van der Waals surface area contributed by atoms with Crippen molar-refractivity contribution >= 4 is 21.6 Å². The molecule has 0 aliphatic carbocycles. The van der Waals surface area contributed by atoms with Gasteiger partial charge in [0.2, 0.25) is 15.9 Å². The van der Waals surface area contributed by atoms with Crippen LogP contribution in [0.15, 0.2) is 47.4 Å². The van der Waals surface area contributed by atoms with E-state index in [1.54, 1.807) is 49.6 Å². The van der Waals surface area contributed by atoms with Crippen molar-refractivity contribution in [3.63, 3.8) is 0 Å². The number of carbonyl (C=O) groups is 1. The van der Waals surface area contributed by atoms with Gasteiger partial charge in [0, 0.05) is 24.7 Å². The third-order valence-electron chi connectivity index (χ3n) is 3.79. The van der Waals surface area contributed by atoms with Crippen molar-refractivity contribution in [1.29, 1.82) is 0 Å². The SMILES string of the molecule is COc1cccc(NC(=O)CCNS(=O)(=O)c2ccc(C)c(C)c2)c1. The van der Waals surface area contributed by atoms with Gasteiger partial charge >= 0.3 is 0 Å². The molecule has 0 fully saturated rings. The molecule has 0 aliphatic rings. The van der Waals surface area contributed by atoms with E-state index in [1.807, 2.05) is 13.8 Å². The Kier molecular flexibility index (Phi) is 6.17. The first-order valence-electron chi connectivity index (χ1n) is 7.82. The van der Waals surface area contributed by atoms with Crippen LogP contribution in [0.2, 0.25) is 0 Å². The van der Waals surface area contributed by atoms with Crippen LogP contribution in [0.25, 0.3) is 0 Å². The molecule has 6 nitrogen and oxygen atoms in total. The summed E-state index contributed by atoms with van der Waals surface area (Å²) in [5.41, 5.74) is 2.52. The molecule has 0 atom stereocenters. The van der Waals surface area contributed by atoms with Gasteiger partial charge in [0.25, 0.3) is 0 Å². The van der Waals surface area contributed by atoms with Gasteiger partial charge in [0.05, 0.1) is 12.0 Å². The molecule has 0 spiro atoms. The highest BCUT2D eigenvalue weighted by Crippen LogP contribution is 2.17. The van der Waals surface area contributed by atoms with Crippen molar-refractivity contribution in [2.75, 3.05) is 19.0 Å². The average Bonchev–Trinajstić information content (AvgIpc) is 2.57. The first-order chi connectivity index (χ1) is 11.8. The number of hydrogen-bond acceptors (Lipinski definition) is 4. The first kappa shape index (κ1) is 19.0. The Morgan fingerprint density at radius 2 is 1.84 bits per heavy atom. The van der Waals surface area contributed by atoms with Crippen molar-refractivity contribution < 1.29 is 17.9 Å². The van der Waals surface area contributed by atoms with E-state index in [0.717, 1.165) is 11.1 Å². The summed E-state index contributed by atoms with van der Waals surface area (Å²) in [6, 6.07) is 11.9. The molecular weight excluding hydrogens is 340 g/mol. The molecule has 2 N–H and O–H groups in total. The van der Waals surface area contributed by atoms with Crippen molar-refractivity contribution in [3.05, 3.63) is 53.6 Å². The average molecular weight is 362 g/mol. The molecule has 1 amide bonds. The van der Waals surface area contributed by atoms with Crippen LogP contribution in [0.3, 0.4) is 0 Å². The molecule has 0 heterocycles. The zero-order chi connectivity index (χ0) is 18.4. The van der Waals surface area contributed by atoms with E-state index in [2.05, 4.69) is 10.0 Å². The maximum atomic E-state index is 12.3. The summed E-state index contributed by atoms with van der Waals surface area (Å²) in [6.07, 6.45) is 0.0291. The number of hydrogen-bond donors (Lipinski definition) is 2. The zero-order valence-electron chi connectivity index (χ0n) is 14.5. The van der Waals surface area contributed by atoms with E-state index in [1.165, 1.54) is 0 Å². The fourth-order valence-electron chi connectivity index (χ4n) is 2.19. The minimum atomic E-state index is -3.63. The van der Waals surface area contributed by atoms with Gasteiger partial charge in [-0.25, -0.2) is 13.1 Å². The lowest BCUT2D eigenvalue weighted by Gasteiger charge is -2.09. The molecule has 0 unspecified atom stereocenters. The van der Waals surface area contributed by atoms with Crippen LogP contribution in [0, 0.1) is 13.8 Å². The Balaban J connectivity index is 1.90. The fraction of sp³-hybridized carbons (Fsp3) is 0.278. The number of amides is 1. The molecule has 134 valence electrons. The highest BCUT2D eigenvalue weighted by atomic mass is 32.2. The van der Waals surface area contributed by atoms with Crippen molar-refractivity contribution in [1.82, 2.24) is 4.72 Å². The van der Waals surface area contributed by atoms with Gasteiger partial charge in [-0.15, -0.1) is 0 Å². The molecule has 0 saturated heterocycles. The van der Waals surface area contributed by atoms with Gasteiger partial charge in [-0.3, -0.25) is 4.79 Å². The Morgan fingerprint density at radius 1 is 1.08 bits per heavy atom. The highest BCUT2D eigenvalue weighted by molar-refractivity contribution is 7.89. The molecule has 0 aromatic heterocycles. The van der Waals surface area contributed by atoms with Gasteiger partial charge in [-0.1, -0.05) is 12.1 Å². The van der Waals surface area contributed by atoms with Crippen molar-refractivity contribution in [2.45, 2.75) is 25.2 Å². The number of rotatable bonds is 7. The third kappa shape index (κ3) is 5.30. The minimum absolute atomic E-state index is 0.0189. The number of sulfonamides is 1. The zero-order valence-corrected chi connectivity index (χ0v) is 15.3. The topological polar surface area (TPSA) is 84.5 Å². The van der Waals surface area contributed by atoms with E-state index in [-0.39, 0.29) is 23.8 Å². The minimum Gasteiger partial charge on any atom is -0.497 e. The van der Waals surface area contributed by atoms with Crippen LogP contribution < -0.4 is 14.8 Å². The van der Waals surface area contributed by atoms with E-state index >= 15 is 0 Å². The summed E-state index contributed by atoms with van der Waals surface area (Å²) >= 11 is 0. The summed E-state index contributed by atoms with van der Waals surface area (Å²) < 4.78 is 32.1. The van der Waals surface area contributed by atoms with E-state index in [9.17, 15) is 13.2 Å². The summed E-state index contributed by atoms with van der Waals surface area (Å²) in [5, 5.41) is 2.71. The normalized spacial score (nSPS) is 11.2. The second kappa shape index (κ2) is 8.13. The summed E-state index contributed by atoms with van der Waals surface area (Å²) in [7, 11) is -2.08. The molecule has 2 aromatic rings. The van der Waals surface area contributed by atoms with Crippen LogP contribution in [-0.2, 0) is 14.8 Å². The maximum absolute atomic E-state index is 12.3. The number of nitrogens with one attached hydrogen (secondary N) is 2. The third-order valence-corrected chi connectivity index (χ3v) is 5.25. The monoisotopic (exact) mass is 362 g/mol. The number of ether oxygens (including phenoxy) is 1. The summed E-state index contributed by atoms with van der Waals surface area (Å²) in [5.74, 6) is 0.351. The van der Waals surface area contributed by atoms with Gasteiger partial charge in [0.1, 0.15) is 5.75 Å². The van der Waals surface area contributed by atoms with E-state index in [0.29, 0.717) is 11.4 Å². The van der Waals surface area contributed by atoms with Gasteiger partial charge in [0.15, 0.2) is 0 Å². The fourth-order valence-corrected chi connectivity index (χ4v) is 3.30.